The zero-order valence-electron chi connectivity index (χ0n) is 14.7. The van der Waals surface area contributed by atoms with Crippen molar-refractivity contribution >= 4 is 16.0 Å². The molecule has 0 aliphatic carbocycles. The first-order valence-corrected chi connectivity index (χ1v) is 10.2. The molecule has 0 unspecified atom stereocenters. The highest BCUT2D eigenvalue weighted by Gasteiger charge is 2.27. The molecule has 0 bridgehead atoms. The molecule has 2 heterocycles. The van der Waals surface area contributed by atoms with Crippen LogP contribution in [0.5, 0.6) is 0 Å². The molecule has 1 aliphatic heterocycles. The molecule has 1 aromatic carbocycles. The number of hydrogen-bond acceptors (Lipinski definition) is 5. The minimum absolute atomic E-state index is 0.163. The Balaban J connectivity index is 1.87. The summed E-state index contributed by atoms with van der Waals surface area (Å²) >= 11 is 0. The first-order chi connectivity index (χ1) is 12.2. The predicted molar refractivity (Wildman–Crippen MR) is 97.6 cm³/mol. The van der Waals surface area contributed by atoms with Crippen LogP contribution in [-0.2, 0) is 10.0 Å². The van der Waals surface area contributed by atoms with E-state index in [0.717, 1.165) is 11.3 Å². The van der Waals surface area contributed by atoms with Gasteiger partial charge in [-0.3, -0.25) is 0 Å². The fourth-order valence-corrected chi connectivity index (χ4v) is 4.12. The first-order valence-electron chi connectivity index (χ1n) is 8.38. The van der Waals surface area contributed by atoms with Crippen LogP contribution >= 0.6 is 0 Å². The molecular weight excluding hydrogens is 354 g/mol. The lowest BCUT2D eigenvalue weighted by atomic mass is 9.93. The maximum Gasteiger partial charge on any atom is 0.335 e. The topological polar surface area (TPSA) is 100 Å². The Hall–Kier alpha value is -2.32. The van der Waals surface area contributed by atoms with Crippen molar-refractivity contribution in [3.63, 3.8) is 0 Å². The molecule has 1 aliphatic rings. The van der Waals surface area contributed by atoms with Crippen molar-refractivity contribution in [3.8, 4) is 11.3 Å². The summed E-state index contributed by atoms with van der Waals surface area (Å²) in [6.45, 7) is 2.77. The Morgan fingerprint density at radius 1 is 1.19 bits per heavy atom. The summed E-state index contributed by atoms with van der Waals surface area (Å²) < 4.78 is 24.8. The molecule has 1 N–H and O–H groups in total. The molecule has 2 aromatic rings. The van der Waals surface area contributed by atoms with Gasteiger partial charge in [-0.2, -0.15) is 0 Å². The smallest absolute Gasteiger partial charge is 0.335 e. The van der Waals surface area contributed by atoms with Gasteiger partial charge in [0.15, 0.2) is 0 Å². The third-order valence-corrected chi connectivity index (χ3v) is 5.91. The van der Waals surface area contributed by atoms with E-state index < -0.39 is 16.0 Å². The predicted octanol–water partition coefficient (Wildman–Crippen LogP) is 2.29. The summed E-state index contributed by atoms with van der Waals surface area (Å²) in [5, 5.41) is 9.17. The minimum Gasteiger partial charge on any atom is -0.478 e. The summed E-state index contributed by atoms with van der Waals surface area (Å²) in [7, 11) is -3.16. The molecule has 1 saturated heterocycles. The molecule has 7 nitrogen and oxygen atoms in total. The number of piperidine rings is 1. The fraction of sp³-hybridized carbons (Fsp3) is 0.389. The number of carbonyl (C=O) groups is 1. The monoisotopic (exact) mass is 375 g/mol. The van der Waals surface area contributed by atoms with E-state index >= 15 is 0 Å². The van der Waals surface area contributed by atoms with Crippen molar-refractivity contribution in [1.29, 1.82) is 0 Å². The van der Waals surface area contributed by atoms with Crippen LogP contribution in [0, 0.1) is 6.92 Å². The number of rotatable bonds is 4. The zero-order chi connectivity index (χ0) is 18.9. The molecule has 0 atom stereocenters. The highest BCUT2D eigenvalue weighted by atomic mass is 32.2. The van der Waals surface area contributed by atoms with Gasteiger partial charge in [-0.05, 0) is 38.0 Å². The second kappa shape index (κ2) is 7.13. The lowest BCUT2D eigenvalue weighted by Gasteiger charge is -2.30. The van der Waals surface area contributed by atoms with Gasteiger partial charge in [0.05, 0.1) is 17.5 Å². The van der Waals surface area contributed by atoms with E-state index in [2.05, 4.69) is 9.97 Å². The number of carboxylic acids is 1. The number of aromatic nitrogens is 2. The van der Waals surface area contributed by atoms with Crippen LogP contribution in [0.15, 0.2) is 30.3 Å². The zero-order valence-corrected chi connectivity index (χ0v) is 15.5. The Kier molecular flexibility index (Phi) is 5.06. The van der Waals surface area contributed by atoms with Crippen LogP contribution in [0.25, 0.3) is 11.3 Å². The second-order valence-electron chi connectivity index (χ2n) is 6.55. The van der Waals surface area contributed by atoms with E-state index in [1.165, 1.54) is 10.6 Å². The summed E-state index contributed by atoms with van der Waals surface area (Å²) in [6, 6.07) is 8.54. The van der Waals surface area contributed by atoms with Crippen molar-refractivity contribution in [1.82, 2.24) is 14.3 Å². The van der Waals surface area contributed by atoms with Gasteiger partial charge in [0.2, 0.25) is 10.0 Å². The lowest BCUT2D eigenvalue weighted by Crippen LogP contribution is -2.37. The quantitative estimate of drug-likeness (QED) is 0.880. The van der Waals surface area contributed by atoms with Gasteiger partial charge in [0, 0.05) is 30.3 Å². The van der Waals surface area contributed by atoms with Gasteiger partial charge < -0.3 is 5.11 Å². The molecule has 8 heteroatoms. The minimum atomic E-state index is -3.16. The SMILES string of the molecule is Cc1nc(-c2cccc(C(=O)O)c2)cc(C2CCN(S(C)(=O)=O)CC2)n1. The van der Waals surface area contributed by atoms with E-state index in [4.69, 9.17) is 0 Å². The highest BCUT2D eigenvalue weighted by molar-refractivity contribution is 7.88. The first kappa shape index (κ1) is 18.5. The Morgan fingerprint density at radius 2 is 1.88 bits per heavy atom. The van der Waals surface area contributed by atoms with Crippen LogP contribution in [0.4, 0.5) is 0 Å². The van der Waals surface area contributed by atoms with E-state index in [-0.39, 0.29) is 11.5 Å². The standard InChI is InChI=1S/C18H21N3O4S/c1-12-19-16(13-6-8-21(9-7-13)26(2,24)25)11-17(20-12)14-4-3-5-15(10-14)18(22)23/h3-5,10-11,13H,6-9H2,1-2H3,(H,22,23). The Morgan fingerprint density at radius 3 is 2.50 bits per heavy atom. The van der Waals surface area contributed by atoms with Crippen molar-refractivity contribution < 1.29 is 18.3 Å². The average Bonchev–Trinajstić information content (AvgIpc) is 2.60. The third kappa shape index (κ3) is 4.08. The summed E-state index contributed by atoms with van der Waals surface area (Å²) in [5.41, 5.74) is 2.49. The maximum absolute atomic E-state index is 11.7. The maximum atomic E-state index is 11.7. The van der Waals surface area contributed by atoms with Gasteiger partial charge >= 0.3 is 5.97 Å². The van der Waals surface area contributed by atoms with Crippen LogP contribution in [0.2, 0.25) is 0 Å². The molecule has 26 heavy (non-hydrogen) atoms. The van der Waals surface area contributed by atoms with Crippen molar-refractivity contribution in [2.24, 2.45) is 0 Å². The van der Waals surface area contributed by atoms with Crippen molar-refractivity contribution in [3.05, 3.63) is 47.4 Å². The lowest BCUT2D eigenvalue weighted by molar-refractivity contribution is 0.0697. The van der Waals surface area contributed by atoms with Crippen LogP contribution in [-0.4, -0.2) is 53.1 Å². The van der Waals surface area contributed by atoms with Crippen molar-refractivity contribution in [2.45, 2.75) is 25.7 Å². The molecular formula is C18H21N3O4S. The number of hydrogen-bond donors (Lipinski definition) is 1. The summed E-state index contributed by atoms with van der Waals surface area (Å²) in [6.07, 6.45) is 2.64. The van der Waals surface area contributed by atoms with Crippen molar-refractivity contribution in [2.75, 3.05) is 19.3 Å². The van der Waals surface area contributed by atoms with Gasteiger partial charge in [-0.15, -0.1) is 0 Å². The van der Waals surface area contributed by atoms with Crippen LogP contribution < -0.4 is 0 Å². The Labute approximate surface area is 152 Å². The van der Waals surface area contributed by atoms with Crippen LogP contribution in [0.1, 0.15) is 40.6 Å². The number of aryl methyl sites for hydroxylation is 1. The molecule has 0 amide bonds. The Bertz CT molecular complexity index is 935. The average molecular weight is 375 g/mol. The highest BCUT2D eigenvalue weighted by Crippen LogP contribution is 2.30. The normalized spacial score (nSPS) is 16.5. The summed E-state index contributed by atoms with van der Waals surface area (Å²) in [4.78, 5) is 20.2. The van der Waals surface area contributed by atoms with Gasteiger partial charge in [0.1, 0.15) is 5.82 Å². The number of carboxylic acid groups (broad SMARTS) is 1. The number of sulfonamides is 1. The van der Waals surface area contributed by atoms with E-state index in [1.807, 2.05) is 12.1 Å². The molecule has 1 fully saturated rings. The number of benzene rings is 1. The molecule has 0 saturated carbocycles. The second-order valence-corrected chi connectivity index (χ2v) is 8.53. The largest absolute Gasteiger partial charge is 0.478 e. The third-order valence-electron chi connectivity index (χ3n) is 4.60. The molecule has 3 rings (SSSR count). The van der Waals surface area contributed by atoms with E-state index in [9.17, 15) is 18.3 Å². The van der Waals surface area contributed by atoms with Crippen LogP contribution in [0.3, 0.4) is 0 Å². The number of nitrogens with zero attached hydrogens (tertiary/aromatic N) is 3. The van der Waals surface area contributed by atoms with Gasteiger partial charge in [-0.25, -0.2) is 27.5 Å². The summed E-state index contributed by atoms with van der Waals surface area (Å²) in [5.74, 6) is -0.203. The molecule has 138 valence electrons. The fourth-order valence-electron chi connectivity index (χ4n) is 3.24. The molecule has 0 spiro atoms. The van der Waals surface area contributed by atoms with Gasteiger partial charge in [-0.1, -0.05) is 12.1 Å². The number of aromatic carboxylic acids is 1. The molecule has 0 radical (unpaired) electrons. The van der Waals surface area contributed by atoms with E-state index in [1.54, 1.807) is 25.1 Å². The van der Waals surface area contributed by atoms with E-state index in [0.29, 0.717) is 37.4 Å². The van der Waals surface area contributed by atoms with Gasteiger partial charge in [0.25, 0.3) is 0 Å². The molecule has 1 aromatic heterocycles.